The predicted molar refractivity (Wildman–Crippen MR) is 90.1 cm³/mol. The fourth-order valence-corrected chi connectivity index (χ4v) is 5.38. The Morgan fingerprint density at radius 1 is 1.10 bits per heavy atom. The van der Waals surface area contributed by atoms with Crippen LogP contribution in [0.25, 0.3) is 0 Å². The van der Waals surface area contributed by atoms with E-state index >= 15 is 0 Å². The Morgan fingerprint density at radius 3 is 2.10 bits per heavy atom. The van der Waals surface area contributed by atoms with Crippen molar-refractivity contribution in [3.63, 3.8) is 0 Å². The zero-order chi connectivity index (χ0) is 15.6. The van der Waals surface area contributed by atoms with Gasteiger partial charge in [-0.05, 0) is 68.3 Å². The molecule has 8 heteroatoms. The van der Waals surface area contributed by atoms with Crippen LogP contribution in [0.2, 0.25) is 0 Å². The van der Waals surface area contributed by atoms with Gasteiger partial charge in [-0.25, -0.2) is 8.42 Å². The quantitative estimate of drug-likeness (QED) is 0.718. The molecule has 2 aromatic carbocycles. The van der Waals surface area contributed by atoms with Gasteiger partial charge in [-0.15, -0.1) is 0 Å². The van der Waals surface area contributed by atoms with E-state index in [1.54, 1.807) is 31.4 Å². The monoisotopic (exact) mass is 434 g/mol. The summed E-state index contributed by atoms with van der Waals surface area (Å²) < 4.78 is 33.2. The Labute approximate surface area is 139 Å². The minimum absolute atomic E-state index is 0.0903. The average molecular weight is 436 g/mol. The van der Waals surface area contributed by atoms with Crippen LogP contribution in [0.3, 0.4) is 0 Å². The van der Waals surface area contributed by atoms with E-state index < -0.39 is 10.0 Å². The summed E-state index contributed by atoms with van der Waals surface area (Å²) in [6, 6.07) is 9.65. The van der Waals surface area contributed by atoms with Gasteiger partial charge in [0.1, 0.15) is 10.6 Å². The van der Waals surface area contributed by atoms with Gasteiger partial charge in [0.05, 0.1) is 7.11 Å². The normalized spacial score (nSPS) is 11.2. The number of hydrogen-bond donors (Lipinski definition) is 2. The highest BCUT2D eigenvalue weighted by Gasteiger charge is 2.22. The largest absolute Gasteiger partial charge is 0.497 e. The molecule has 2 aromatic rings. The lowest BCUT2D eigenvalue weighted by Crippen LogP contribution is -2.14. The summed E-state index contributed by atoms with van der Waals surface area (Å²) in [5.41, 5.74) is 6.56. The number of sulfonamides is 1. The van der Waals surface area contributed by atoms with Crippen molar-refractivity contribution < 1.29 is 13.2 Å². The summed E-state index contributed by atoms with van der Waals surface area (Å²) in [5.74, 6) is 0.646. The van der Waals surface area contributed by atoms with Crippen molar-refractivity contribution in [2.24, 2.45) is 0 Å². The standard InChI is InChI=1S/C13H12Br2N2O3S/c1-20-10-4-2-9(3-5-10)17-21(18,19)13-11(14)6-8(16)7-12(13)15/h2-7,17H,16H2,1H3. The van der Waals surface area contributed by atoms with Crippen molar-refractivity contribution in [1.29, 1.82) is 0 Å². The highest BCUT2D eigenvalue weighted by atomic mass is 79.9. The average Bonchev–Trinajstić information content (AvgIpc) is 2.37. The molecule has 0 unspecified atom stereocenters. The SMILES string of the molecule is COc1ccc(NS(=O)(=O)c2c(Br)cc(N)cc2Br)cc1. The molecule has 0 amide bonds. The van der Waals surface area contributed by atoms with Crippen LogP contribution in [0.1, 0.15) is 0 Å². The van der Waals surface area contributed by atoms with Gasteiger partial charge >= 0.3 is 0 Å². The summed E-state index contributed by atoms with van der Waals surface area (Å²) in [6.45, 7) is 0. The van der Waals surface area contributed by atoms with Gasteiger partial charge in [-0.2, -0.15) is 0 Å². The van der Waals surface area contributed by atoms with Crippen LogP contribution < -0.4 is 15.2 Å². The van der Waals surface area contributed by atoms with Crippen LogP contribution in [0.15, 0.2) is 50.2 Å². The van der Waals surface area contributed by atoms with Crippen LogP contribution in [0.4, 0.5) is 11.4 Å². The molecule has 0 bridgehead atoms. The first-order valence-electron chi connectivity index (χ1n) is 5.75. The van der Waals surface area contributed by atoms with E-state index in [4.69, 9.17) is 10.5 Å². The summed E-state index contributed by atoms with van der Waals surface area (Å²) in [6.07, 6.45) is 0. The first kappa shape index (κ1) is 16.1. The molecule has 0 atom stereocenters. The van der Waals surface area contributed by atoms with E-state index in [-0.39, 0.29) is 4.90 Å². The minimum atomic E-state index is -3.75. The maximum Gasteiger partial charge on any atom is 0.264 e. The number of nitrogen functional groups attached to an aromatic ring is 1. The third-order valence-corrected chi connectivity index (χ3v) is 5.89. The maximum atomic E-state index is 12.5. The van der Waals surface area contributed by atoms with Crippen molar-refractivity contribution in [2.75, 3.05) is 17.6 Å². The Hall–Kier alpha value is -1.25. The molecule has 0 saturated carbocycles. The van der Waals surface area contributed by atoms with E-state index in [9.17, 15) is 8.42 Å². The Bertz CT molecular complexity index is 738. The summed E-state index contributed by atoms with van der Waals surface area (Å²) in [5, 5.41) is 0. The first-order chi connectivity index (χ1) is 9.83. The number of benzene rings is 2. The fraction of sp³-hybridized carbons (Fsp3) is 0.0769. The van der Waals surface area contributed by atoms with Gasteiger partial charge in [0.25, 0.3) is 10.0 Å². The summed E-state index contributed by atoms with van der Waals surface area (Å²) >= 11 is 6.44. The van der Waals surface area contributed by atoms with Gasteiger partial charge < -0.3 is 10.5 Å². The van der Waals surface area contributed by atoms with E-state index in [1.807, 2.05) is 0 Å². The van der Waals surface area contributed by atoms with Crippen molar-refractivity contribution in [2.45, 2.75) is 4.90 Å². The van der Waals surface area contributed by atoms with Crippen LogP contribution >= 0.6 is 31.9 Å². The Kier molecular flexibility index (Phi) is 4.80. The van der Waals surface area contributed by atoms with E-state index in [1.165, 1.54) is 12.1 Å². The van der Waals surface area contributed by atoms with Gasteiger partial charge in [-0.3, -0.25) is 4.72 Å². The molecule has 0 aliphatic heterocycles. The predicted octanol–water partition coefficient (Wildman–Crippen LogP) is 3.60. The van der Waals surface area contributed by atoms with Crippen molar-refractivity contribution in [1.82, 2.24) is 0 Å². The Balaban J connectivity index is 2.38. The molecule has 2 rings (SSSR count). The number of nitrogens with two attached hydrogens (primary N) is 1. The minimum Gasteiger partial charge on any atom is -0.497 e. The topological polar surface area (TPSA) is 81.4 Å². The van der Waals surface area contributed by atoms with Gasteiger partial charge in [0.15, 0.2) is 0 Å². The van der Waals surface area contributed by atoms with E-state index in [2.05, 4.69) is 36.6 Å². The number of methoxy groups -OCH3 is 1. The molecule has 0 aromatic heterocycles. The van der Waals surface area contributed by atoms with Gasteiger partial charge in [0.2, 0.25) is 0 Å². The molecular weight excluding hydrogens is 424 g/mol. The van der Waals surface area contributed by atoms with Gasteiger partial charge in [0, 0.05) is 20.3 Å². The van der Waals surface area contributed by atoms with E-state index in [0.29, 0.717) is 26.1 Å². The lowest BCUT2D eigenvalue weighted by molar-refractivity contribution is 0.415. The smallest absolute Gasteiger partial charge is 0.264 e. The number of anilines is 2. The van der Waals surface area contributed by atoms with Crippen molar-refractivity contribution in [3.05, 3.63) is 45.3 Å². The molecule has 0 fully saturated rings. The molecule has 0 aliphatic rings. The molecule has 0 saturated heterocycles. The molecule has 0 radical (unpaired) electrons. The van der Waals surface area contributed by atoms with Crippen molar-refractivity contribution >= 4 is 53.3 Å². The second-order valence-corrected chi connectivity index (χ2v) is 7.48. The van der Waals surface area contributed by atoms with Crippen LogP contribution in [0.5, 0.6) is 5.75 Å². The lowest BCUT2D eigenvalue weighted by Gasteiger charge is -2.12. The summed E-state index contributed by atoms with van der Waals surface area (Å²) in [7, 11) is -2.21. The van der Waals surface area contributed by atoms with Crippen LogP contribution in [-0.2, 0) is 10.0 Å². The third-order valence-electron chi connectivity index (χ3n) is 2.63. The lowest BCUT2D eigenvalue weighted by atomic mass is 10.3. The zero-order valence-electron chi connectivity index (χ0n) is 10.9. The molecule has 0 aliphatic carbocycles. The molecule has 3 N–H and O–H groups in total. The van der Waals surface area contributed by atoms with Gasteiger partial charge in [-0.1, -0.05) is 0 Å². The molecule has 21 heavy (non-hydrogen) atoms. The Morgan fingerprint density at radius 2 is 1.62 bits per heavy atom. The molecule has 5 nitrogen and oxygen atoms in total. The zero-order valence-corrected chi connectivity index (χ0v) is 14.9. The first-order valence-corrected chi connectivity index (χ1v) is 8.82. The molecule has 0 spiro atoms. The van der Waals surface area contributed by atoms with Crippen LogP contribution in [0, 0.1) is 0 Å². The fourth-order valence-electron chi connectivity index (χ4n) is 1.70. The van der Waals surface area contributed by atoms with Crippen LogP contribution in [-0.4, -0.2) is 15.5 Å². The number of hydrogen-bond acceptors (Lipinski definition) is 4. The highest BCUT2D eigenvalue weighted by molar-refractivity contribution is 9.11. The van der Waals surface area contributed by atoms with Crippen molar-refractivity contribution in [3.8, 4) is 5.75 Å². The van der Waals surface area contributed by atoms with E-state index in [0.717, 1.165) is 0 Å². The summed E-state index contributed by atoms with van der Waals surface area (Å²) in [4.78, 5) is 0.0903. The molecular formula is C13H12Br2N2O3S. The number of ether oxygens (including phenoxy) is 1. The second kappa shape index (κ2) is 6.25. The second-order valence-electron chi connectivity index (χ2n) is 4.15. The number of halogens is 2. The number of rotatable bonds is 4. The molecule has 112 valence electrons. The third kappa shape index (κ3) is 3.69. The molecule has 0 heterocycles. The number of nitrogens with one attached hydrogen (secondary N) is 1. The maximum absolute atomic E-state index is 12.5. The highest BCUT2D eigenvalue weighted by Crippen LogP contribution is 2.33.